The largest absolute Gasteiger partial charge is 0.322 e. The number of rotatable bonds is 5. The van der Waals surface area contributed by atoms with E-state index in [-0.39, 0.29) is 11.8 Å². The van der Waals surface area contributed by atoms with E-state index in [1.165, 1.54) is 0 Å². The van der Waals surface area contributed by atoms with E-state index in [4.69, 9.17) is 16.6 Å². The van der Waals surface area contributed by atoms with Crippen molar-refractivity contribution < 1.29 is 9.59 Å². The molecule has 33 heavy (non-hydrogen) atoms. The highest BCUT2D eigenvalue weighted by molar-refractivity contribution is 6.30. The third-order valence-electron chi connectivity index (χ3n) is 5.75. The van der Waals surface area contributed by atoms with Gasteiger partial charge in [-0.2, -0.15) is 5.10 Å². The van der Waals surface area contributed by atoms with Crippen LogP contribution >= 0.6 is 11.6 Å². The first-order valence-electron chi connectivity index (χ1n) is 10.7. The Hall–Kier alpha value is -3.71. The van der Waals surface area contributed by atoms with Gasteiger partial charge in [-0.15, -0.1) is 0 Å². The van der Waals surface area contributed by atoms with Gasteiger partial charge in [-0.05, 0) is 62.2 Å². The van der Waals surface area contributed by atoms with Crippen LogP contribution in [0.15, 0.2) is 54.6 Å². The molecule has 0 bridgehead atoms. The first-order valence-corrected chi connectivity index (χ1v) is 11.1. The Morgan fingerprint density at radius 2 is 1.70 bits per heavy atom. The molecule has 1 saturated carbocycles. The summed E-state index contributed by atoms with van der Waals surface area (Å²) < 4.78 is 1.71. The number of nitrogens with zero attached hydrogens (tertiary/aromatic N) is 3. The molecule has 0 spiro atoms. The van der Waals surface area contributed by atoms with Crippen molar-refractivity contribution in [3.05, 3.63) is 82.1 Å². The number of benzene rings is 2. The maximum absolute atomic E-state index is 13.4. The van der Waals surface area contributed by atoms with Gasteiger partial charge in [0.1, 0.15) is 0 Å². The zero-order valence-electron chi connectivity index (χ0n) is 18.2. The number of carbonyl (C=O) groups excluding carboxylic acids is 2. The number of aromatic nitrogens is 3. The number of fused-ring (bicyclic) bond motifs is 1. The number of pyridine rings is 1. The molecule has 4 aromatic rings. The molecule has 2 heterocycles. The average Bonchev–Trinajstić information content (AvgIpc) is 3.61. The standard InChI is InChI=1S/C25H22ClN5O2/c1-14-22-19(13-21(15-7-8-15)28-23(22)31(2)30-14)25(33)29-20-6-4-3-5-18(20)24(32)27-17-11-9-16(26)10-12-17/h3-6,9-13,15H,7-8H2,1-2H3,(H,27,32)(H,29,33). The molecule has 0 unspecified atom stereocenters. The summed E-state index contributed by atoms with van der Waals surface area (Å²) in [4.78, 5) is 31.1. The van der Waals surface area contributed by atoms with E-state index in [2.05, 4.69) is 15.7 Å². The molecule has 0 radical (unpaired) electrons. The van der Waals surface area contributed by atoms with Crippen molar-refractivity contribution >= 4 is 45.8 Å². The number of carbonyl (C=O) groups is 2. The van der Waals surface area contributed by atoms with Crippen molar-refractivity contribution in [2.75, 3.05) is 10.6 Å². The Morgan fingerprint density at radius 1 is 1.00 bits per heavy atom. The maximum Gasteiger partial charge on any atom is 0.257 e. The minimum absolute atomic E-state index is 0.299. The van der Waals surface area contributed by atoms with Crippen LogP contribution in [0.4, 0.5) is 11.4 Å². The molecule has 0 atom stereocenters. The van der Waals surface area contributed by atoms with Crippen molar-refractivity contribution in [2.24, 2.45) is 7.05 Å². The molecule has 2 N–H and O–H groups in total. The van der Waals surface area contributed by atoms with Gasteiger partial charge in [0.15, 0.2) is 5.65 Å². The van der Waals surface area contributed by atoms with Crippen molar-refractivity contribution in [3.63, 3.8) is 0 Å². The van der Waals surface area contributed by atoms with Gasteiger partial charge in [0.2, 0.25) is 0 Å². The zero-order chi connectivity index (χ0) is 23.1. The quantitative estimate of drug-likeness (QED) is 0.423. The molecule has 1 aliphatic rings. The lowest BCUT2D eigenvalue weighted by Crippen LogP contribution is -2.19. The lowest BCUT2D eigenvalue weighted by atomic mass is 10.1. The molecule has 1 aliphatic carbocycles. The molecule has 5 rings (SSSR count). The molecule has 2 amide bonds. The van der Waals surface area contributed by atoms with Crippen LogP contribution in [0.1, 0.15) is 50.9 Å². The molecule has 8 heteroatoms. The van der Waals surface area contributed by atoms with Gasteiger partial charge in [0.25, 0.3) is 11.8 Å². The van der Waals surface area contributed by atoms with E-state index in [1.807, 2.05) is 20.0 Å². The molecule has 0 aliphatic heterocycles. The molecule has 7 nitrogen and oxygen atoms in total. The molecular formula is C25H22ClN5O2. The van der Waals surface area contributed by atoms with Gasteiger partial charge in [-0.25, -0.2) is 4.98 Å². The SMILES string of the molecule is Cc1nn(C)c2nc(C3CC3)cc(C(=O)Nc3ccccc3C(=O)Nc3ccc(Cl)cc3)c12. The first-order chi connectivity index (χ1) is 15.9. The predicted octanol–water partition coefficient (Wildman–Crippen LogP) is 5.31. The number of hydrogen-bond donors (Lipinski definition) is 2. The molecule has 2 aromatic heterocycles. The van der Waals surface area contributed by atoms with Crippen LogP contribution in [-0.4, -0.2) is 26.6 Å². The van der Waals surface area contributed by atoms with Gasteiger partial charge in [-0.3, -0.25) is 14.3 Å². The Kier molecular flexibility index (Phi) is 5.34. The van der Waals surface area contributed by atoms with Crippen molar-refractivity contribution in [2.45, 2.75) is 25.7 Å². The minimum atomic E-state index is -0.329. The zero-order valence-corrected chi connectivity index (χ0v) is 19.0. The smallest absolute Gasteiger partial charge is 0.257 e. The van der Waals surface area contributed by atoms with Crippen LogP contribution in [0.5, 0.6) is 0 Å². The van der Waals surface area contributed by atoms with Gasteiger partial charge in [0.05, 0.1) is 27.9 Å². The van der Waals surface area contributed by atoms with E-state index in [0.29, 0.717) is 39.1 Å². The predicted molar refractivity (Wildman–Crippen MR) is 129 cm³/mol. The molecule has 0 saturated heterocycles. The number of amides is 2. The fraction of sp³-hybridized carbons (Fsp3) is 0.200. The normalized spacial score (nSPS) is 13.2. The van der Waals surface area contributed by atoms with Crippen LogP contribution in [0, 0.1) is 6.92 Å². The third kappa shape index (κ3) is 4.19. The van der Waals surface area contributed by atoms with E-state index in [9.17, 15) is 9.59 Å². The second-order valence-electron chi connectivity index (χ2n) is 8.24. The number of aryl methyl sites for hydroxylation is 2. The summed E-state index contributed by atoms with van der Waals surface area (Å²) in [6.07, 6.45) is 2.15. The topological polar surface area (TPSA) is 88.9 Å². The van der Waals surface area contributed by atoms with E-state index < -0.39 is 0 Å². The van der Waals surface area contributed by atoms with Gasteiger partial charge in [-0.1, -0.05) is 23.7 Å². The molecule has 2 aromatic carbocycles. The number of halogens is 1. The van der Waals surface area contributed by atoms with E-state index in [0.717, 1.165) is 29.6 Å². The maximum atomic E-state index is 13.4. The van der Waals surface area contributed by atoms with Crippen LogP contribution < -0.4 is 10.6 Å². The lowest BCUT2D eigenvalue weighted by Gasteiger charge is -2.13. The average molecular weight is 460 g/mol. The number of para-hydroxylation sites is 1. The van der Waals surface area contributed by atoms with E-state index >= 15 is 0 Å². The van der Waals surface area contributed by atoms with Crippen molar-refractivity contribution in [3.8, 4) is 0 Å². The Labute approximate surface area is 195 Å². The summed E-state index contributed by atoms with van der Waals surface area (Å²) in [5.41, 5.74) is 4.24. The summed E-state index contributed by atoms with van der Waals surface area (Å²) >= 11 is 5.92. The second-order valence-corrected chi connectivity index (χ2v) is 8.67. The Morgan fingerprint density at radius 3 is 2.42 bits per heavy atom. The highest BCUT2D eigenvalue weighted by Gasteiger charge is 2.28. The summed E-state index contributed by atoms with van der Waals surface area (Å²) in [5.74, 6) is -0.245. The van der Waals surface area contributed by atoms with Crippen LogP contribution in [-0.2, 0) is 7.05 Å². The summed E-state index contributed by atoms with van der Waals surface area (Å²) in [6, 6.07) is 15.6. The summed E-state index contributed by atoms with van der Waals surface area (Å²) in [5, 5.41) is 11.5. The molecule has 166 valence electrons. The Bertz CT molecular complexity index is 1390. The number of anilines is 2. The number of nitrogens with one attached hydrogen (secondary N) is 2. The van der Waals surface area contributed by atoms with Crippen LogP contribution in [0.3, 0.4) is 0 Å². The van der Waals surface area contributed by atoms with Gasteiger partial charge < -0.3 is 10.6 Å². The minimum Gasteiger partial charge on any atom is -0.322 e. The highest BCUT2D eigenvalue weighted by atomic mass is 35.5. The summed E-state index contributed by atoms with van der Waals surface area (Å²) in [6.45, 7) is 1.87. The lowest BCUT2D eigenvalue weighted by molar-refractivity contribution is 0.102. The van der Waals surface area contributed by atoms with Crippen LogP contribution in [0.2, 0.25) is 5.02 Å². The Balaban J connectivity index is 1.47. The van der Waals surface area contributed by atoms with Crippen LogP contribution in [0.25, 0.3) is 11.0 Å². The van der Waals surface area contributed by atoms with Crippen molar-refractivity contribution in [1.82, 2.24) is 14.8 Å². The highest BCUT2D eigenvalue weighted by Crippen LogP contribution is 2.40. The fourth-order valence-corrected chi connectivity index (χ4v) is 4.07. The monoisotopic (exact) mass is 459 g/mol. The second kappa shape index (κ2) is 8.33. The molecule has 1 fully saturated rings. The summed E-state index contributed by atoms with van der Waals surface area (Å²) in [7, 11) is 1.83. The fourth-order valence-electron chi connectivity index (χ4n) is 3.94. The van der Waals surface area contributed by atoms with E-state index in [1.54, 1.807) is 53.2 Å². The first kappa shape index (κ1) is 21.2. The van der Waals surface area contributed by atoms with Gasteiger partial charge in [0, 0.05) is 29.4 Å². The third-order valence-corrected chi connectivity index (χ3v) is 6.00. The molecular weight excluding hydrogens is 438 g/mol. The van der Waals surface area contributed by atoms with Gasteiger partial charge >= 0.3 is 0 Å². The van der Waals surface area contributed by atoms with Crippen molar-refractivity contribution in [1.29, 1.82) is 0 Å². The number of hydrogen-bond acceptors (Lipinski definition) is 4.